The smallest absolute Gasteiger partial charge is 0.271 e. The first-order chi connectivity index (χ1) is 12.8. The lowest BCUT2D eigenvalue weighted by atomic mass is 10.2. The Hall–Kier alpha value is -1.75. The Morgan fingerprint density at radius 2 is 1.85 bits per heavy atom. The molecule has 1 aliphatic rings. The molecule has 0 spiro atoms. The normalized spacial score (nSPS) is 17.6. The van der Waals surface area contributed by atoms with Gasteiger partial charge < -0.3 is 0 Å². The Bertz CT molecular complexity index is 957. The maximum Gasteiger partial charge on any atom is 0.279 e. The van der Waals surface area contributed by atoms with Crippen LogP contribution in [0.15, 0.2) is 45.1 Å². The van der Waals surface area contributed by atoms with Crippen LogP contribution in [0.25, 0.3) is 0 Å². The zero-order valence-electron chi connectivity index (χ0n) is 14.4. The summed E-state index contributed by atoms with van der Waals surface area (Å²) in [6, 6.07) is 9.01. The molecular weight excluding hydrogens is 454 g/mol. The maximum atomic E-state index is 12.9. The van der Waals surface area contributed by atoms with Crippen LogP contribution >= 0.6 is 27.3 Å². The molecule has 1 aromatic heterocycles. The number of nitrogens with zero attached hydrogens (tertiary/aromatic N) is 1. The number of carbonyl (C=O) groups is 2. The summed E-state index contributed by atoms with van der Waals surface area (Å²) in [6.07, 6.45) is 0.979. The van der Waals surface area contributed by atoms with E-state index in [0.717, 1.165) is 9.35 Å². The molecule has 27 heavy (non-hydrogen) atoms. The number of aryl methyl sites for hydroxylation is 1. The van der Waals surface area contributed by atoms with Gasteiger partial charge in [-0.25, -0.2) is 8.42 Å². The molecule has 144 valence electrons. The summed E-state index contributed by atoms with van der Waals surface area (Å²) in [4.78, 5) is 25.1. The van der Waals surface area contributed by atoms with E-state index in [1.807, 2.05) is 6.92 Å². The van der Waals surface area contributed by atoms with E-state index in [9.17, 15) is 18.0 Å². The number of hydrogen-bond donors (Lipinski definition) is 2. The largest absolute Gasteiger partial charge is 0.279 e. The van der Waals surface area contributed by atoms with E-state index in [4.69, 9.17) is 0 Å². The summed E-state index contributed by atoms with van der Waals surface area (Å²) in [6.45, 7) is 2.14. The second-order valence-corrected chi connectivity index (χ2v) is 10.5. The molecule has 0 radical (unpaired) electrons. The van der Waals surface area contributed by atoms with E-state index in [0.29, 0.717) is 17.7 Å². The lowest BCUT2D eigenvalue weighted by Crippen LogP contribution is -2.51. The van der Waals surface area contributed by atoms with Crippen LogP contribution in [-0.2, 0) is 14.8 Å². The molecule has 2 aromatic rings. The number of nitrogens with one attached hydrogen (secondary N) is 2. The van der Waals surface area contributed by atoms with Gasteiger partial charge in [0, 0.05) is 6.54 Å². The minimum Gasteiger partial charge on any atom is -0.271 e. The van der Waals surface area contributed by atoms with Crippen molar-refractivity contribution in [3.63, 3.8) is 0 Å². The van der Waals surface area contributed by atoms with Crippen molar-refractivity contribution in [1.29, 1.82) is 0 Å². The number of carbonyl (C=O) groups excluding carboxylic acids is 2. The van der Waals surface area contributed by atoms with E-state index in [-0.39, 0.29) is 11.4 Å². The van der Waals surface area contributed by atoms with Gasteiger partial charge in [0.2, 0.25) is 10.0 Å². The minimum absolute atomic E-state index is 0.153. The molecule has 1 aliphatic heterocycles. The second-order valence-electron chi connectivity index (χ2n) is 6.13. The van der Waals surface area contributed by atoms with Crippen molar-refractivity contribution in [1.82, 2.24) is 15.2 Å². The van der Waals surface area contributed by atoms with Crippen LogP contribution in [0.4, 0.5) is 0 Å². The Morgan fingerprint density at radius 3 is 2.48 bits per heavy atom. The summed E-state index contributed by atoms with van der Waals surface area (Å²) in [5, 5.41) is 0. The maximum absolute atomic E-state index is 12.9. The number of amides is 2. The number of thiophene rings is 1. The van der Waals surface area contributed by atoms with Gasteiger partial charge in [-0.05, 0) is 60.0 Å². The van der Waals surface area contributed by atoms with Gasteiger partial charge in [-0.1, -0.05) is 17.7 Å². The van der Waals surface area contributed by atoms with Gasteiger partial charge in [0.15, 0.2) is 0 Å². The van der Waals surface area contributed by atoms with Crippen LogP contribution in [0.3, 0.4) is 0 Å². The molecule has 0 bridgehead atoms. The molecule has 3 rings (SSSR count). The molecule has 1 aromatic carbocycles. The SMILES string of the molecule is Cc1ccc(S(=O)(=O)N2CCC[C@H]2C(=O)NNC(=O)c2ccc(Br)s2)cc1. The fourth-order valence-corrected chi connectivity index (χ4v) is 5.77. The van der Waals surface area contributed by atoms with Gasteiger partial charge >= 0.3 is 0 Å². The Labute approximate surface area is 169 Å². The molecule has 2 N–H and O–H groups in total. The summed E-state index contributed by atoms with van der Waals surface area (Å²) < 4.78 is 27.7. The third kappa shape index (κ3) is 4.40. The lowest BCUT2D eigenvalue weighted by Gasteiger charge is -2.23. The van der Waals surface area contributed by atoms with Crippen LogP contribution in [0.5, 0.6) is 0 Å². The van der Waals surface area contributed by atoms with E-state index < -0.39 is 27.9 Å². The topological polar surface area (TPSA) is 95.6 Å². The van der Waals surface area contributed by atoms with Crippen molar-refractivity contribution in [2.75, 3.05) is 6.54 Å². The first kappa shape index (κ1) is 20.0. The highest BCUT2D eigenvalue weighted by Crippen LogP contribution is 2.26. The predicted octanol–water partition coefficient (Wildman–Crippen LogP) is 2.43. The zero-order valence-corrected chi connectivity index (χ0v) is 17.7. The van der Waals surface area contributed by atoms with Crippen molar-refractivity contribution in [3.8, 4) is 0 Å². The molecular formula is C17H18BrN3O4S2. The van der Waals surface area contributed by atoms with Crippen LogP contribution in [0, 0.1) is 6.92 Å². The van der Waals surface area contributed by atoms with Crippen molar-refractivity contribution < 1.29 is 18.0 Å². The predicted molar refractivity (Wildman–Crippen MR) is 106 cm³/mol. The first-order valence-corrected chi connectivity index (χ1v) is 11.3. The standard InChI is InChI=1S/C17H18BrN3O4S2/c1-11-4-6-12(7-5-11)27(24,25)21-10-2-3-13(21)16(22)19-20-17(23)14-8-9-15(18)26-14/h4-9,13H,2-3,10H2,1H3,(H,19,22)(H,20,23)/t13-/m0/s1. The zero-order chi connectivity index (χ0) is 19.6. The first-order valence-electron chi connectivity index (χ1n) is 8.23. The number of benzene rings is 1. The summed E-state index contributed by atoms with van der Waals surface area (Å²) in [7, 11) is -3.78. The highest BCUT2D eigenvalue weighted by atomic mass is 79.9. The molecule has 1 atom stereocenters. The Kier molecular flexibility index (Phi) is 5.99. The molecule has 2 amide bonds. The van der Waals surface area contributed by atoms with Gasteiger partial charge in [-0.2, -0.15) is 4.31 Å². The molecule has 0 saturated carbocycles. The fraction of sp³-hybridized carbons (Fsp3) is 0.294. The third-order valence-electron chi connectivity index (χ3n) is 4.23. The fourth-order valence-electron chi connectivity index (χ4n) is 2.84. The number of hydrogen-bond acceptors (Lipinski definition) is 5. The van der Waals surface area contributed by atoms with E-state index in [1.165, 1.54) is 27.8 Å². The van der Waals surface area contributed by atoms with Crippen LogP contribution in [-0.4, -0.2) is 37.1 Å². The van der Waals surface area contributed by atoms with Crippen molar-refractivity contribution in [2.24, 2.45) is 0 Å². The van der Waals surface area contributed by atoms with E-state index in [1.54, 1.807) is 24.3 Å². The Balaban J connectivity index is 1.69. The van der Waals surface area contributed by atoms with Crippen LogP contribution in [0.1, 0.15) is 28.1 Å². The number of hydrazine groups is 1. The van der Waals surface area contributed by atoms with Crippen LogP contribution < -0.4 is 10.9 Å². The summed E-state index contributed by atoms with van der Waals surface area (Å²) in [5.41, 5.74) is 5.63. The molecule has 0 aliphatic carbocycles. The molecule has 7 nitrogen and oxygen atoms in total. The average molecular weight is 472 g/mol. The number of halogens is 1. The average Bonchev–Trinajstić information content (AvgIpc) is 3.29. The minimum atomic E-state index is -3.78. The van der Waals surface area contributed by atoms with Crippen molar-refractivity contribution in [2.45, 2.75) is 30.7 Å². The van der Waals surface area contributed by atoms with Gasteiger partial charge in [-0.15, -0.1) is 11.3 Å². The molecule has 2 heterocycles. The highest BCUT2D eigenvalue weighted by Gasteiger charge is 2.39. The van der Waals surface area contributed by atoms with Crippen LogP contribution in [0.2, 0.25) is 0 Å². The molecule has 0 unspecified atom stereocenters. The monoisotopic (exact) mass is 471 g/mol. The highest BCUT2D eigenvalue weighted by molar-refractivity contribution is 9.11. The third-order valence-corrected chi connectivity index (χ3v) is 7.77. The lowest BCUT2D eigenvalue weighted by molar-refractivity contribution is -0.125. The van der Waals surface area contributed by atoms with E-state index in [2.05, 4.69) is 26.8 Å². The summed E-state index contributed by atoms with van der Waals surface area (Å²) >= 11 is 4.50. The van der Waals surface area contributed by atoms with Gasteiger partial charge in [0.25, 0.3) is 11.8 Å². The number of rotatable bonds is 4. The number of sulfonamides is 1. The quantitative estimate of drug-likeness (QED) is 0.669. The van der Waals surface area contributed by atoms with Gasteiger partial charge in [0.1, 0.15) is 6.04 Å². The molecule has 10 heteroatoms. The second kappa shape index (κ2) is 8.09. The van der Waals surface area contributed by atoms with E-state index >= 15 is 0 Å². The molecule has 1 fully saturated rings. The Morgan fingerprint density at radius 1 is 1.15 bits per heavy atom. The molecule has 1 saturated heterocycles. The van der Waals surface area contributed by atoms with Gasteiger partial charge in [-0.3, -0.25) is 20.4 Å². The van der Waals surface area contributed by atoms with Crippen molar-refractivity contribution >= 4 is 49.1 Å². The van der Waals surface area contributed by atoms with Gasteiger partial charge in [0.05, 0.1) is 13.6 Å². The summed E-state index contributed by atoms with van der Waals surface area (Å²) in [5.74, 6) is -1.00. The van der Waals surface area contributed by atoms with Crippen molar-refractivity contribution in [3.05, 3.63) is 50.6 Å².